The van der Waals surface area contributed by atoms with Crippen LogP contribution in [0.4, 0.5) is 0 Å². The van der Waals surface area contributed by atoms with Crippen molar-refractivity contribution in [3.05, 3.63) is 35.9 Å². The number of rotatable bonds is 4. The summed E-state index contributed by atoms with van der Waals surface area (Å²) in [5, 5.41) is 0. The predicted molar refractivity (Wildman–Crippen MR) is 74.3 cm³/mol. The van der Waals surface area contributed by atoms with Gasteiger partial charge in [0.2, 0.25) is 0 Å². The summed E-state index contributed by atoms with van der Waals surface area (Å²) >= 11 is 0. The second kappa shape index (κ2) is 5.82. The van der Waals surface area contributed by atoms with Crippen LogP contribution in [0.15, 0.2) is 30.3 Å². The first-order chi connectivity index (χ1) is 9.64. The maximum atomic E-state index is 6.02. The molecule has 2 fully saturated rings. The van der Waals surface area contributed by atoms with Crippen LogP contribution in [0.2, 0.25) is 0 Å². The standard InChI is InChI=1S/C16H22O4/c1-16(2)19-11-14(20-16)15-13(8-9-17-15)18-10-12-6-4-3-5-7-12/h3-7,13-15H,8-11H2,1-2H3. The van der Waals surface area contributed by atoms with Crippen LogP contribution in [0.25, 0.3) is 0 Å². The average molecular weight is 278 g/mol. The molecule has 3 rings (SSSR count). The first-order valence-corrected chi connectivity index (χ1v) is 7.23. The molecule has 1 aromatic rings. The van der Waals surface area contributed by atoms with Crippen molar-refractivity contribution in [3.8, 4) is 0 Å². The fourth-order valence-electron chi connectivity index (χ4n) is 2.77. The van der Waals surface area contributed by atoms with Crippen LogP contribution in [0.3, 0.4) is 0 Å². The normalized spacial score (nSPS) is 32.6. The lowest BCUT2D eigenvalue weighted by atomic mass is 10.1. The summed E-state index contributed by atoms with van der Waals surface area (Å²) in [5.74, 6) is -0.513. The van der Waals surface area contributed by atoms with Gasteiger partial charge in [-0.3, -0.25) is 0 Å². The first-order valence-electron chi connectivity index (χ1n) is 7.23. The summed E-state index contributed by atoms with van der Waals surface area (Å²) < 4.78 is 23.3. The van der Waals surface area contributed by atoms with Gasteiger partial charge in [0, 0.05) is 6.61 Å². The third-order valence-corrected chi connectivity index (χ3v) is 3.78. The number of benzene rings is 1. The lowest BCUT2D eigenvalue weighted by Crippen LogP contribution is -2.38. The molecule has 4 heteroatoms. The maximum Gasteiger partial charge on any atom is 0.163 e. The molecule has 0 radical (unpaired) electrons. The zero-order chi connectivity index (χ0) is 14.0. The zero-order valence-corrected chi connectivity index (χ0v) is 12.1. The van der Waals surface area contributed by atoms with E-state index in [0.717, 1.165) is 13.0 Å². The third-order valence-electron chi connectivity index (χ3n) is 3.78. The van der Waals surface area contributed by atoms with Crippen molar-refractivity contribution in [2.45, 2.75) is 51.0 Å². The van der Waals surface area contributed by atoms with E-state index in [0.29, 0.717) is 13.2 Å². The van der Waals surface area contributed by atoms with E-state index >= 15 is 0 Å². The van der Waals surface area contributed by atoms with Gasteiger partial charge < -0.3 is 18.9 Å². The van der Waals surface area contributed by atoms with Crippen molar-refractivity contribution in [2.24, 2.45) is 0 Å². The van der Waals surface area contributed by atoms with Crippen molar-refractivity contribution < 1.29 is 18.9 Å². The minimum Gasteiger partial charge on any atom is -0.373 e. The van der Waals surface area contributed by atoms with Crippen LogP contribution in [0.5, 0.6) is 0 Å². The molecule has 2 saturated heterocycles. The predicted octanol–water partition coefficient (Wildman–Crippen LogP) is 2.51. The second-order valence-corrected chi connectivity index (χ2v) is 5.83. The van der Waals surface area contributed by atoms with E-state index in [1.54, 1.807) is 0 Å². The van der Waals surface area contributed by atoms with E-state index in [1.807, 2.05) is 32.0 Å². The largest absolute Gasteiger partial charge is 0.373 e. The van der Waals surface area contributed by atoms with Crippen molar-refractivity contribution >= 4 is 0 Å². The quantitative estimate of drug-likeness (QED) is 0.848. The Morgan fingerprint density at radius 2 is 2.05 bits per heavy atom. The van der Waals surface area contributed by atoms with Gasteiger partial charge in [0.15, 0.2) is 5.79 Å². The summed E-state index contributed by atoms with van der Waals surface area (Å²) in [6.07, 6.45) is 0.934. The Kier molecular flexibility index (Phi) is 4.08. The lowest BCUT2D eigenvalue weighted by molar-refractivity contribution is -0.161. The van der Waals surface area contributed by atoms with Crippen LogP contribution in [0.1, 0.15) is 25.8 Å². The molecular weight excluding hydrogens is 256 g/mol. The molecule has 0 amide bonds. The van der Waals surface area contributed by atoms with E-state index in [-0.39, 0.29) is 18.3 Å². The highest BCUT2D eigenvalue weighted by Gasteiger charge is 2.43. The minimum atomic E-state index is -0.513. The van der Waals surface area contributed by atoms with Crippen LogP contribution in [0, 0.1) is 0 Å². The molecular formula is C16H22O4. The van der Waals surface area contributed by atoms with Gasteiger partial charge in [-0.15, -0.1) is 0 Å². The molecule has 0 aliphatic carbocycles. The lowest BCUT2D eigenvalue weighted by Gasteiger charge is -2.25. The van der Waals surface area contributed by atoms with E-state index in [9.17, 15) is 0 Å². The molecule has 1 aromatic carbocycles. The highest BCUT2D eigenvalue weighted by Crippen LogP contribution is 2.31. The van der Waals surface area contributed by atoms with Gasteiger partial charge in [0.25, 0.3) is 0 Å². The minimum absolute atomic E-state index is 0.0273. The fourth-order valence-corrected chi connectivity index (χ4v) is 2.77. The summed E-state index contributed by atoms with van der Waals surface area (Å²) in [7, 11) is 0. The third kappa shape index (κ3) is 3.20. The van der Waals surface area contributed by atoms with Gasteiger partial charge in [-0.05, 0) is 25.8 Å². The smallest absolute Gasteiger partial charge is 0.163 e. The summed E-state index contributed by atoms with van der Waals surface area (Å²) in [5.41, 5.74) is 1.18. The Bertz CT molecular complexity index is 431. The first kappa shape index (κ1) is 14.0. The number of hydrogen-bond donors (Lipinski definition) is 0. The van der Waals surface area contributed by atoms with Crippen molar-refractivity contribution in [1.29, 1.82) is 0 Å². The topological polar surface area (TPSA) is 36.9 Å². The van der Waals surface area contributed by atoms with Crippen LogP contribution >= 0.6 is 0 Å². The van der Waals surface area contributed by atoms with Crippen LogP contribution in [-0.4, -0.2) is 37.3 Å². The van der Waals surface area contributed by atoms with Crippen LogP contribution < -0.4 is 0 Å². The van der Waals surface area contributed by atoms with Crippen LogP contribution in [-0.2, 0) is 25.6 Å². The molecule has 2 heterocycles. The molecule has 20 heavy (non-hydrogen) atoms. The van der Waals surface area contributed by atoms with Gasteiger partial charge in [-0.2, -0.15) is 0 Å². The van der Waals surface area contributed by atoms with Gasteiger partial charge in [-0.1, -0.05) is 30.3 Å². The second-order valence-electron chi connectivity index (χ2n) is 5.83. The monoisotopic (exact) mass is 278 g/mol. The molecule has 3 unspecified atom stereocenters. The number of ether oxygens (including phenoxy) is 4. The summed E-state index contributed by atoms with van der Waals surface area (Å²) in [6.45, 7) is 5.78. The highest BCUT2D eigenvalue weighted by atomic mass is 16.8. The van der Waals surface area contributed by atoms with E-state index in [2.05, 4.69) is 12.1 Å². The summed E-state index contributed by atoms with van der Waals surface area (Å²) in [4.78, 5) is 0. The van der Waals surface area contributed by atoms with E-state index < -0.39 is 5.79 Å². The Morgan fingerprint density at radius 3 is 2.75 bits per heavy atom. The fraction of sp³-hybridized carbons (Fsp3) is 0.625. The molecule has 2 aliphatic heterocycles. The zero-order valence-electron chi connectivity index (χ0n) is 12.1. The number of hydrogen-bond acceptors (Lipinski definition) is 4. The van der Waals surface area contributed by atoms with Crippen molar-refractivity contribution in [3.63, 3.8) is 0 Å². The molecule has 0 saturated carbocycles. The van der Waals surface area contributed by atoms with Gasteiger partial charge >= 0.3 is 0 Å². The SMILES string of the molecule is CC1(C)OCC(C2OCCC2OCc2ccccc2)O1. The Hall–Kier alpha value is -0.940. The van der Waals surface area contributed by atoms with Crippen molar-refractivity contribution in [1.82, 2.24) is 0 Å². The molecule has 3 atom stereocenters. The van der Waals surface area contributed by atoms with Gasteiger partial charge in [-0.25, -0.2) is 0 Å². The Balaban J connectivity index is 1.56. The molecule has 0 aromatic heterocycles. The molecule has 0 spiro atoms. The van der Waals surface area contributed by atoms with Crippen molar-refractivity contribution in [2.75, 3.05) is 13.2 Å². The molecule has 0 bridgehead atoms. The molecule has 110 valence electrons. The molecule has 2 aliphatic rings. The molecule has 0 N–H and O–H groups in total. The Morgan fingerprint density at radius 1 is 1.25 bits per heavy atom. The van der Waals surface area contributed by atoms with E-state index in [1.165, 1.54) is 5.56 Å². The van der Waals surface area contributed by atoms with Gasteiger partial charge in [0.1, 0.15) is 12.2 Å². The van der Waals surface area contributed by atoms with E-state index in [4.69, 9.17) is 18.9 Å². The summed E-state index contributed by atoms with van der Waals surface area (Å²) in [6, 6.07) is 10.2. The maximum absolute atomic E-state index is 6.02. The molecule has 4 nitrogen and oxygen atoms in total. The van der Waals surface area contributed by atoms with Gasteiger partial charge in [0.05, 0.1) is 19.3 Å². The average Bonchev–Trinajstić information content (AvgIpc) is 3.03. The highest BCUT2D eigenvalue weighted by molar-refractivity contribution is 5.13. The Labute approximate surface area is 120 Å².